The van der Waals surface area contributed by atoms with Crippen molar-refractivity contribution in [2.45, 2.75) is 45.6 Å². The standard InChI is InChI=1S/C14H21FN2/c1-14(2)5-3-12(4-6-14)17-13-8-10(15)7-11(16)9-13/h7-9,12,17H,3-6,16H2,1-2H3. The van der Waals surface area contributed by atoms with Crippen LogP contribution < -0.4 is 11.1 Å². The van der Waals surface area contributed by atoms with E-state index in [1.165, 1.54) is 25.0 Å². The van der Waals surface area contributed by atoms with Gasteiger partial charge in [-0.1, -0.05) is 13.8 Å². The van der Waals surface area contributed by atoms with Crippen LogP contribution in [0.5, 0.6) is 0 Å². The van der Waals surface area contributed by atoms with Crippen molar-refractivity contribution in [3.05, 3.63) is 24.0 Å². The van der Waals surface area contributed by atoms with E-state index in [2.05, 4.69) is 19.2 Å². The Morgan fingerprint density at radius 2 is 1.88 bits per heavy atom. The smallest absolute Gasteiger partial charge is 0.127 e. The number of anilines is 2. The average molecular weight is 236 g/mol. The largest absolute Gasteiger partial charge is 0.399 e. The molecule has 1 aliphatic rings. The summed E-state index contributed by atoms with van der Waals surface area (Å²) < 4.78 is 13.2. The second kappa shape index (κ2) is 4.55. The van der Waals surface area contributed by atoms with Crippen molar-refractivity contribution in [2.75, 3.05) is 11.1 Å². The Balaban J connectivity index is 1.97. The fourth-order valence-corrected chi connectivity index (χ4v) is 2.47. The molecule has 0 atom stereocenters. The van der Waals surface area contributed by atoms with Crippen molar-refractivity contribution in [3.63, 3.8) is 0 Å². The zero-order valence-corrected chi connectivity index (χ0v) is 10.6. The van der Waals surface area contributed by atoms with Gasteiger partial charge in [-0.2, -0.15) is 0 Å². The molecule has 1 fully saturated rings. The first-order valence-corrected chi connectivity index (χ1v) is 6.27. The molecule has 1 aromatic carbocycles. The van der Waals surface area contributed by atoms with E-state index >= 15 is 0 Å². The lowest BCUT2D eigenvalue weighted by atomic mass is 9.75. The molecule has 3 N–H and O–H groups in total. The van der Waals surface area contributed by atoms with Gasteiger partial charge < -0.3 is 11.1 Å². The molecule has 0 saturated heterocycles. The van der Waals surface area contributed by atoms with Gasteiger partial charge in [0.05, 0.1) is 0 Å². The maximum absolute atomic E-state index is 13.2. The second-order valence-electron chi connectivity index (χ2n) is 5.86. The van der Waals surface area contributed by atoms with Crippen LogP contribution in [-0.4, -0.2) is 6.04 Å². The third-order valence-electron chi connectivity index (χ3n) is 3.63. The highest BCUT2D eigenvalue weighted by molar-refractivity contribution is 5.55. The van der Waals surface area contributed by atoms with Gasteiger partial charge in [0.1, 0.15) is 5.82 Å². The van der Waals surface area contributed by atoms with Crippen LogP contribution in [0.4, 0.5) is 15.8 Å². The molecule has 1 aliphatic carbocycles. The van der Waals surface area contributed by atoms with Gasteiger partial charge in [-0.05, 0) is 49.3 Å². The number of hydrogen-bond acceptors (Lipinski definition) is 2. The number of nitrogens with two attached hydrogens (primary N) is 1. The summed E-state index contributed by atoms with van der Waals surface area (Å²) in [5.74, 6) is -0.274. The van der Waals surface area contributed by atoms with Crippen LogP contribution in [0.1, 0.15) is 39.5 Å². The normalized spacial score (nSPS) is 20.2. The van der Waals surface area contributed by atoms with Crippen molar-refractivity contribution in [2.24, 2.45) is 5.41 Å². The third kappa shape index (κ3) is 3.35. The highest BCUT2D eigenvalue weighted by Gasteiger charge is 2.26. The fraction of sp³-hybridized carbons (Fsp3) is 0.571. The van der Waals surface area contributed by atoms with E-state index in [0.29, 0.717) is 17.1 Å². The Bertz CT molecular complexity index is 371. The van der Waals surface area contributed by atoms with Crippen molar-refractivity contribution >= 4 is 11.4 Å². The average Bonchev–Trinajstić information content (AvgIpc) is 2.20. The van der Waals surface area contributed by atoms with Gasteiger partial charge in [-0.3, -0.25) is 0 Å². The summed E-state index contributed by atoms with van der Waals surface area (Å²) in [7, 11) is 0. The van der Waals surface area contributed by atoms with Crippen LogP contribution in [0.15, 0.2) is 18.2 Å². The molecule has 0 spiro atoms. The minimum absolute atomic E-state index is 0.274. The van der Waals surface area contributed by atoms with Crippen molar-refractivity contribution in [1.29, 1.82) is 0 Å². The first-order valence-electron chi connectivity index (χ1n) is 6.27. The summed E-state index contributed by atoms with van der Waals surface area (Å²) in [5.41, 5.74) is 7.36. The van der Waals surface area contributed by atoms with Gasteiger partial charge in [-0.25, -0.2) is 4.39 Å². The lowest BCUT2D eigenvalue weighted by molar-refractivity contribution is 0.232. The minimum Gasteiger partial charge on any atom is -0.399 e. The first-order chi connectivity index (χ1) is 7.94. The van der Waals surface area contributed by atoms with Gasteiger partial charge in [0.25, 0.3) is 0 Å². The molecule has 17 heavy (non-hydrogen) atoms. The fourth-order valence-electron chi connectivity index (χ4n) is 2.47. The number of hydrogen-bond donors (Lipinski definition) is 2. The summed E-state index contributed by atoms with van der Waals surface area (Å²) in [6.45, 7) is 4.62. The number of nitrogen functional groups attached to an aromatic ring is 1. The lowest BCUT2D eigenvalue weighted by Gasteiger charge is -2.35. The topological polar surface area (TPSA) is 38.0 Å². The van der Waals surface area contributed by atoms with Crippen LogP contribution in [0.2, 0.25) is 0 Å². The third-order valence-corrected chi connectivity index (χ3v) is 3.63. The Labute approximate surface area is 102 Å². The van der Waals surface area contributed by atoms with Crippen LogP contribution in [0.3, 0.4) is 0 Å². The monoisotopic (exact) mass is 236 g/mol. The molecule has 3 heteroatoms. The van der Waals surface area contributed by atoms with Crippen molar-refractivity contribution < 1.29 is 4.39 Å². The number of benzene rings is 1. The number of rotatable bonds is 2. The van der Waals surface area contributed by atoms with E-state index in [9.17, 15) is 4.39 Å². The number of halogens is 1. The van der Waals surface area contributed by atoms with E-state index in [-0.39, 0.29) is 5.82 Å². The predicted octanol–water partition coefficient (Wildman–Crippen LogP) is 3.79. The summed E-state index contributed by atoms with van der Waals surface area (Å²) in [5, 5.41) is 3.38. The van der Waals surface area contributed by atoms with Gasteiger partial charge >= 0.3 is 0 Å². The highest BCUT2D eigenvalue weighted by atomic mass is 19.1. The summed E-state index contributed by atoms with van der Waals surface area (Å²) in [4.78, 5) is 0. The minimum atomic E-state index is -0.274. The maximum atomic E-state index is 13.2. The Morgan fingerprint density at radius 1 is 1.24 bits per heavy atom. The molecule has 0 aliphatic heterocycles. The Kier molecular flexibility index (Phi) is 3.27. The van der Waals surface area contributed by atoms with Crippen molar-refractivity contribution in [1.82, 2.24) is 0 Å². The molecule has 0 heterocycles. The molecule has 94 valence electrons. The van der Waals surface area contributed by atoms with Gasteiger partial charge in [-0.15, -0.1) is 0 Å². The predicted molar refractivity (Wildman–Crippen MR) is 70.5 cm³/mol. The summed E-state index contributed by atoms with van der Waals surface area (Å²) in [6.07, 6.45) is 4.72. The molecule has 0 aromatic heterocycles. The molecule has 0 radical (unpaired) electrons. The SMILES string of the molecule is CC1(C)CCC(Nc2cc(N)cc(F)c2)CC1. The Hall–Kier alpha value is -1.25. The molecule has 1 aromatic rings. The quantitative estimate of drug-likeness (QED) is 0.767. The van der Waals surface area contributed by atoms with E-state index in [4.69, 9.17) is 5.73 Å². The van der Waals surface area contributed by atoms with Crippen molar-refractivity contribution in [3.8, 4) is 0 Å². The first kappa shape index (κ1) is 12.2. The molecule has 2 nitrogen and oxygen atoms in total. The number of nitrogens with one attached hydrogen (secondary N) is 1. The summed E-state index contributed by atoms with van der Waals surface area (Å²) in [6, 6.07) is 5.10. The molecular formula is C14H21FN2. The van der Waals surface area contributed by atoms with E-state index < -0.39 is 0 Å². The van der Waals surface area contributed by atoms with Gasteiger partial charge in [0.2, 0.25) is 0 Å². The van der Waals surface area contributed by atoms with E-state index in [1.807, 2.05) is 0 Å². The van der Waals surface area contributed by atoms with Crippen LogP contribution in [0, 0.1) is 11.2 Å². The maximum Gasteiger partial charge on any atom is 0.127 e. The van der Waals surface area contributed by atoms with Crippen LogP contribution in [0.25, 0.3) is 0 Å². The second-order valence-corrected chi connectivity index (χ2v) is 5.86. The van der Waals surface area contributed by atoms with Crippen LogP contribution >= 0.6 is 0 Å². The van der Waals surface area contributed by atoms with Gasteiger partial charge in [0, 0.05) is 17.4 Å². The molecule has 0 amide bonds. The summed E-state index contributed by atoms with van der Waals surface area (Å²) >= 11 is 0. The Morgan fingerprint density at radius 3 is 2.47 bits per heavy atom. The molecule has 0 bridgehead atoms. The highest BCUT2D eigenvalue weighted by Crippen LogP contribution is 2.36. The van der Waals surface area contributed by atoms with Gasteiger partial charge in [0.15, 0.2) is 0 Å². The molecule has 0 unspecified atom stereocenters. The molecule has 2 rings (SSSR count). The molecular weight excluding hydrogens is 215 g/mol. The zero-order valence-electron chi connectivity index (χ0n) is 10.6. The van der Waals surface area contributed by atoms with Crippen LogP contribution in [-0.2, 0) is 0 Å². The zero-order chi connectivity index (χ0) is 12.5. The lowest BCUT2D eigenvalue weighted by Crippen LogP contribution is -2.29. The van der Waals surface area contributed by atoms with E-state index in [1.54, 1.807) is 6.07 Å². The molecule has 1 saturated carbocycles. The van der Waals surface area contributed by atoms with E-state index in [0.717, 1.165) is 18.5 Å².